The lowest BCUT2D eigenvalue weighted by molar-refractivity contribution is -0.0320. The Labute approximate surface area is 144 Å². The Morgan fingerprint density at radius 2 is 1.79 bits per heavy atom. The van der Waals surface area contributed by atoms with E-state index in [9.17, 15) is 14.6 Å². The zero-order valence-electron chi connectivity index (χ0n) is 15.0. The van der Waals surface area contributed by atoms with Gasteiger partial charge in [-0.15, -0.1) is 0 Å². The molecule has 3 saturated carbocycles. The van der Waals surface area contributed by atoms with Gasteiger partial charge in [0.1, 0.15) is 5.83 Å². The molecule has 4 rings (SSSR count). The van der Waals surface area contributed by atoms with Crippen LogP contribution < -0.4 is 0 Å². The van der Waals surface area contributed by atoms with Gasteiger partial charge in [0.15, 0.2) is 0 Å². The normalized spacial score (nSPS) is 49.8. The van der Waals surface area contributed by atoms with Crippen molar-refractivity contribution in [3.8, 4) is 0 Å². The first-order valence-corrected chi connectivity index (χ1v) is 9.78. The van der Waals surface area contributed by atoms with Crippen LogP contribution in [0.25, 0.3) is 0 Å². The Bertz CT molecular complexity index is 595. The zero-order chi connectivity index (χ0) is 17.1. The highest BCUT2D eigenvalue weighted by Crippen LogP contribution is 2.66. The van der Waals surface area contributed by atoms with Crippen LogP contribution in [0.15, 0.2) is 23.0 Å². The van der Waals surface area contributed by atoms with E-state index in [-0.39, 0.29) is 22.8 Å². The van der Waals surface area contributed by atoms with E-state index in [1.54, 1.807) is 0 Å². The first-order chi connectivity index (χ1) is 11.4. The molecule has 0 radical (unpaired) electrons. The van der Waals surface area contributed by atoms with Gasteiger partial charge in [-0.05, 0) is 85.5 Å². The summed E-state index contributed by atoms with van der Waals surface area (Å²) in [7, 11) is 0. The van der Waals surface area contributed by atoms with Gasteiger partial charge in [-0.1, -0.05) is 25.5 Å². The molecule has 0 spiro atoms. The number of rotatable bonds is 1. The van der Waals surface area contributed by atoms with E-state index in [1.165, 1.54) is 12.0 Å². The molecular formula is C21H31FO2. The van der Waals surface area contributed by atoms with Crippen LogP contribution in [0.3, 0.4) is 0 Å². The molecule has 2 nitrogen and oxygen atoms in total. The second-order valence-corrected chi connectivity index (χ2v) is 9.17. The van der Waals surface area contributed by atoms with Crippen molar-refractivity contribution in [2.24, 2.45) is 28.6 Å². The van der Waals surface area contributed by atoms with Gasteiger partial charge >= 0.3 is 0 Å². The fourth-order valence-corrected chi connectivity index (χ4v) is 7.06. The highest BCUT2D eigenvalue weighted by molar-refractivity contribution is 5.30. The van der Waals surface area contributed by atoms with Crippen LogP contribution in [0.5, 0.6) is 0 Å². The average Bonchev–Trinajstić information content (AvgIpc) is 2.92. The first-order valence-electron chi connectivity index (χ1n) is 9.78. The lowest BCUT2D eigenvalue weighted by Gasteiger charge is -2.58. The molecule has 0 bridgehead atoms. The molecule has 4 aliphatic rings. The van der Waals surface area contributed by atoms with Crippen LogP contribution >= 0.6 is 0 Å². The third kappa shape index (κ3) is 2.20. The van der Waals surface area contributed by atoms with Gasteiger partial charge in [0.05, 0.1) is 12.7 Å². The minimum Gasteiger partial charge on any atom is -0.389 e. The number of allylic oxidation sites excluding steroid dienone is 2. The van der Waals surface area contributed by atoms with Crippen molar-refractivity contribution in [3.63, 3.8) is 0 Å². The summed E-state index contributed by atoms with van der Waals surface area (Å²) < 4.78 is 14.3. The van der Waals surface area contributed by atoms with E-state index in [0.717, 1.165) is 50.5 Å². The molecule has 4 aliphatic carbocycles. The van der Waals surface area contributed by atoms with Gasteiger partial charge in [0.2, 0.25) is 0 Å². The molecule has 0 aromatic heterocycles. The van der Waals surface area contributed by atoms with Gasteiger partial charge in [0, 0.05) is 0 Å². The molecule has 0 amide bonds. The van der Waals surface area contributed by atoms with Crippen molar-refractivity contribution in [2.45, 2.75) is 71.3 Å². The van der Waals surface area contributed by atoms with Crippen molar-refractivity contribution in [1.82, 2.24) is 0 Å². The van der Waals surface area contributed by atoms with Gasteiger partial charge < -0.3 is 10.2 Å². The maximum Gasteiger partial charge on any atom is 0.125 e. The number of fused-ring (bicyclic) bond motifs is 5. The standard InChI is InChI=1S/C21H31FO2/c1-20-9-7-14(24)11-13(20)3-4-15-16-5-6-18(19(22)12-23)21(16,2)10-8-17(15)20/h11,14-17,23-24H,3-10,12H2,1-2H3/t14-,15-,16-,17-,20-,21-/m0/s1. The highest BCUT2D eigenvalue weighted by atomic mass is 19.1. The number of hydrogen-bond acceptors (Lipinski definition) is 2. The van der Waals surface area contributed by atoms with E-state index in [1.807, 2.05) is 0 Å². The van der Waals surface area contributed by atoms with E-state index >= 15 is 0 Å². The first kappa shape index (κ1) is 16.8. The van der Waals surface area contributed by atoms with Crippen LogP contribution in [-0.2, 0) is 0 Å². The third-order valence-corrected chi connectivity index (χ3v) is 8.34. The highest BCUT2D eigenvalue weighted by Gasteiger charge is 2.58. The van der Waals surface area contributed by atoms with Gasteiger partial charge in [0.25, 0.3) is 0 Å². The maximum atomic E-state index is 14.3. The molecule has 0 aromatic rings. The van der Waals surface area contributed by atoms with Crippen LogP contribution in [0.2, 0.25) is 0 Å². The summed E-state index contributed by atoms with van der Waals surface area (Å²) >= 11 is 0. The largest absolute Gasteiger partial charge is 0.389 e. The average molecular weight is 334 g/mol. The Hall–Kier alpha value is -0.670. The fourth-order valence-electron chi connectivity index (χ4n) is 7.06. The van der Waals surface area contributed by atoms with Crippen LogP contribution in [0.1, 0.15) is 65.2 Å². The quantitative estimate of drug-likeness (QED) is 0.692. The lowest BCUT2D eigenvalue weighted by Crippen LogP contribution is -2.49. The molecule has 2 N–H and O–H groups in total. The molecular weight excluding hydrogens is 303 g/mol. The molecule has 3 fully saturated rings. The number of aliphatic hydroxyl groups is 2. The summed E-state index contributed by atoms with van der Waals surface area (Å²) in [6.07, 6.45) is 10.3. The summed E-state index contributed by atoms with van der Waals surface area (Å²) in [5, 5.41) is 19.3. The van der Waals surface area contributed by atoms with Crippen LogP contribution in [-0.4, -0.2) is 22.9 Å². The lowest BCUT2D eigenvalue weighted by atomic mass is 9.47. The molecule has 134 valence electrons. The monoisotopic (exact) mass is 334 g/mol. The second kappa shape index (κ2) is 5.67. The van der Waals surface area contributed by atoms with E-state index in [0.29, 0.717) is 17.8 Å². The van der Waals surface area contributed by atoms with Gasteiger partial charge in [-0.3, -0.25) is 0 Å². The van der Waals surface area contributed by atoms with Crippen molar-refractivity contribution in [1.29, 1.82) is 0 Å². The predicted octanol–water partition coefficient (Wildman–Crippen LogP) is 4.53. The minimum absolute atomic E-state index is 0.0419. The minimum atomic E-state index is -0.436. The molecule has 3 heteroatoms. The van der Waals surface area contributed by atoms with E-state index in [4.69, 9.17) is 0 Å². The van der Waals surface area contributed by atoms with Gasteiger partial charge in [-0.2, -0.15) is 0 Å². The van der Waals surface area contributed by atoms with Gasteiger partial charge in [-0.25, -0.2) is 4.39 Å². The maximum absolute atomic E-state index is 14.3. The predicted molar refractivity (Wildman–Crippen MR) is 92.9 cm³/mol. The molecule has 0 unspecified atom stereocenters. The molecule has 0 saturated heterocycles. The Balaban J connectivity index is 1.67. The number of halogens is 1. The third-order valence-electron chi connectivity index (χ3n) is 8.34. The number of hydrogen-bond donors (Lipinski definition) is 2. The summed E-state index contributed by atoms with van der Waals surface area (Å²) in [6.45, 7) is 4.24. The molecule has 24 heavy (non-hydrogen) atoms. The van der Waals surface area contributed by atoms with Crippen molar-refractivity contribution in [3.05, 3.63) is 23.0 Å². The second-order valence-electron chi connectivity index (χ2n) is 9.17. The summed E-state index contributed by atoms with van der Waals surface area (Å²) in [5.74, 6) is 1.65. The zero-order valence-corrected chi connectivity index (χ0v) is 15.0. The summed E-state index contributed by atoms with van der Waals surface area (Å²) in [5.41, 5.74) is 2.60. The number of aliphatic hydroxyl groups excluding tert-OH is 2. The molecule has 0 aromatic carbocycles. The molecule has 0 aliphatic heterocycles. The SMILES string of the molecule is C[C@]12CC[C@H](O)C=C1CC[C@@H]1[C@@H]2CC[C@]2(C)C(=C(F)CO)CC[C@@H]12. The van der Waals surface area contributed by atoms with Crippen molar-refractivity contribution >= 4 is 0 Å². The summed E-state index contributed by atoms with van der Waals surface area (Å²) in [6, 6.07) is 0. The van der Waals surface area contributed by atoms with Crippen molar-refractivity contribution in [2.75, 3.05) is 6.61 Å². The smallest absolute Gasteiger partial charge is 0.125 e. The Kier molecular flexibility index (Phi) is 3.96. The topological polar surface area (TPSA) is 40.5 Å². The fraction of sp³-hybridized carbons (Fsp3) is 0.810. The van der Waals surface area contributed by atoms with Crippen LogP contribution in [0, 0.1) is 28.6 Å². The Morgan fingerprint density at radius 1 is 1.08 bits per heavy atom. The van der Waals surface area contributed by atoms with Crippen molar-refractivity contribution < 1.29 is 14.6 Å². The molecule has 6 atom stereocenters. The summed E-state index contributed by atoms with van der Waals surface area (Å²) in [4.78, 5) is 0. The van der Waals surface area contributed by atoms with Crippen LogP contribution in [0.4, 0.5) is 4.39 Å². The van der Waals surface area contributed by atoms with E-state index in [2.05, 4.69) is 19.9 Å². The van der Waals surface area contributed by atoms with E-state index < -0.39 is 6.61 Å². The Morgan fingerprint density at radius 3 is 2.54 bits per heavy atom. The molecule has 0 heterocycles.